The lowest BCUT2D eigenvalue weighted by molar-refractivity contribution is 0.142. The van der Waals surface area contributed by atoms with Gasteiger partial charge in [-0.15, -0.1) is 0 Å². The van der Waals surface area contributed by atoms with E-state index in [1.54, 1.807) is 28.6 Å². The molecular weight excluding hydrogens is 396 g/mol. The molecule has 2 saturated heterocycles. The van der Waals surface area contributed by atoms with Crippen molar-refractivity contribution < 1.29 is 13.5 Å². The lowest BCUT2D eigenvalue weighted by atomic mass is 9.87. The summed E-state index contributed by atoms with van der Waals surface area (Å²) in [6.07, 6.45) is 8.17. The molecule has 1 aromatic carbocycles. The number of sulfonamides is 1. The fraction of sp³-hybridized carbons (Fsp3) is 0.714. The predicted molar refractivity (Wildman–Crippen MR) is 113 cm³/mol. The average molecular weight is 429 g/mol. The van der Waals surface area contributed by atoms with E-state index in [1.807, 2.05) is 0 Å². The largest absolute Gasteiger partial charge is 0.395 e. The van der Waals surface area contributed by atoms with Crippen LogP contribution in [0.4, 0.5) is 0 Å². The fourth-order valence-corrected chi connectivity index (χ4v) is 6.12. The van der Waals surface area contributed by atoms with Crippen LogP contribution in [0.2, 0.25) is 5.02 Å². The molecule has 0 aromatic heterocycles. The highest BCUT2D eigenvalue weighted by atomic mass is 35.5. The van der Waals surface area contributed by atoms with E-state index in [-0.39, 0.29) is 6.61 Å². The summed E-state index contributed by atoms with van der Waals surface area (Å²) >= 11 is 5.87. The standard InChI is InChI=1S/C21H33ClN2O3S/c22-20-4-6-21(7-5-20)28(26,27)24-14-10-19(11-15-24)3-1-2-18-8-12-23(13-9-18)16-17-25/h4-7,18-19,25H,1-3,8-17H2. The number of benzene rings is 1. The van der Waals surface area contributed by atoms with Crippen molar-refractivity contribution in [1.82, 2.24) is 9.21 Å². The first-order chi connectivity index (χ1) is 13.5. The summed E-state index contributed by atoms with van der Waals surface area (Å²) in [7, 11) is -3.40. The number of rotatable bonds is 8. The number of hydrogen-bond acceptors (Lipinski definition) is 4. The number of nitrogens with zero attached hydrogens (tertiary/aromatic N) is 2. The maximum atomic E-state index is 12.8. The first kappa shape index (κ1) is 22.0. The molecule has 0 saturated carbocycles. The van der Waals surface area contributed by atoms with Crippen molar-refractivity contribution in [2.45, 2.75) is 49.8 Å². The van der Waals surface area contributed by atoms with Gasteiger partial charge in [0.1, 0.15) is 0 Å². The van der Waals surface area contributed by atoms with Gasteiger partial charge in [-0.1, -0.05) is 30.9 Å². The van der Waals surface area contributed by atoms with Crippen LogP contribution in [-0.2, 0) is 10.0 Å². The molecule has 2 aliphatic rings. The van der Waals surface area contributed by atoms with E-state index in [0.29, 0.717) is 28.9 Å². The molecule has 7 heteroatoms. The van der Waals surface area contributed by atoms with Crippen molar-refractivity contribution >= 4 is 21.6 Å². The number of likely N-dealkylation sites (tertiary alicyclic amines) is 1. The third kappa shape index (κ3) is 5.92. The van der Waals surface area contributed by atoms with Crippen molar-refractivity contribution in [1.29, 1.82) is 0 Å². The quantitative estimate of drug-likeness (QED) is 0.687. The van der Waals surface area contributed by atoms with E-state index in [4.69, 9.17) is 16.7 Å². The highest BCUT2D eigenvalue weighted by molar-refractivity contribution is 7.89. The number of halogens is 1. The van der Waals surface area contributed by atoms with Crippen molar-refractivity contribution in [3.8, 4) is 0 Å². The SMILES string of the molecule is O=S(=O)(c1ccc(Cl)cc1)N1CCC(CCCC2CCN(CCO)CC2)CC1. The zero-order valence-electron chi connectivity index (χ0n) is 16.6. The summed E-state index contributed by atoms with van der Waals surface area (Å²) in [6.45, 7) is 4.55. The van der Waals surface area contributed by atoms with E-state index >= 15 is 0 Å². The zero-order chi connectivity index (χ0) is 20.0. The maximum Gasteiger partial charge on any atom is 0.243 e. The molecule has 158 valence electrons. The van der Waals surface area contributed by atoms with Crippen molar-refractivity contribution in [2.24, 2.45) is 11.8 Å². The minimum atomic E-state index is -3.40. The Bertz CT molecular complexity index is 695. The average Bonchev–Trinajstić information content (AvgIpc) is 2.70. The maximum absolute atomic E-state index is 12.8. The molecule has 1 N–H and O–H groups in total. The van der Waals surface area contributed by atoms with Crippen LogP contribution < -0.4 is 0 Å². The number of piperidine rings is 2. The minimum Gasteiger partial charge on any atom is -0.395 e. The topological polar surface area (TPSA) is 60.9 Å². The number of hydrogen-bond donors (Lipinski definition) is 1. The molecule has 2 heterocycles. The van der Waals surface area contributed by atoms with Crippen LogP contribution in [-0.4, -0.2) is 62.1 Å². The predicted octanol–water partition coefficient (Wildman–Crippen LogP) is 3.62. The molecule has 0 radical (unpaired) electrons. The molecule has 0 spiro atoms. The number of β-amino-alcohol motifs (C(OH)–C–C–N with tert-alkyl or cyclic N) is 1. The molecular formula is C21H33ClN2O3S. The highest BCUT2D eigenvalue weighted by Crippen LogP contribution is 2.29. The van der Waals surface area contributed by atoms with E-state index in [1.165, 1.54) is 32.1 Å². The molecule has 0 atom stereocenters. The molecule has 0 unspecified atom stereocenters. The van der Waals surface area contributed by atoms with Crippen LogP contribution in [0.3, 0.4) is 0 Å². The van der Waals surface area contributed by atoms with Crippen LogP contribution in [0.5, 0.6) is 0 Å². The molecule has 3 rings (SSSR count). The Morgan fingerprint density at radius 3 is 2.00 bits per heavy atom. The van der Waals surface area contributed by atoms with Gasteiger partial charge < -0.3 is 10.0 Å². The van der Waals surface area contributed by atoms with E-state index in [2.05, 4.69) is 4.90 Å². The van der Waals surface area contributed by atoms with Gasteiger partial charge in [0, 0.05) is 24.7 Å². The Labute approximate surface area is 174 Å². The Morgan fingerprint density at radius 1 is 0.929 bits per heavy atom. The summed E-state index contributed by atoms with van der Waals surface area (Å²) in [5.41, 5.74) is 0. The normalized spacial score (nSPS) is 21.2. The lowest BCUT2D eigenvalue weighted by Crippen LogP contribution is -2.38. The number of aliphatic hydroxyl groups excluding tert-OH is 1. The smallest absolute Gasteiger partial charge is 0.243 e. The monoisotopic (exact) mass is 428 g/mol. The van der Waals surface area contributed by atoms with Crippen LogP contribution in [0.1, 0.15) is 44.9 Å². The van der Waals surface area contributed by atoms with Gasteiger partial charge in [-0.3, -0.25) is 0 Å². The molecule has 1 aromatic rings. The van der Waals surface area contributed by atoms with Gasteiger partial charge in [-0.2, -0.15) is 4.31 Å². The summed E-state index contributed by atoms with van der Waals surface area (Å²) in [5, 5.41) is 9.58. The molecule has 2 aliphatic heterocycles. The fourth-order valence-electron chi connectivity index (χ4n) is 4.53. The summed E-state index contributed by atoms with van der Waals surface area (Å²) in [5.74, 6) is 1.46. The van der Waals surface area contributed by atoms with Gasteiger partial charge in [0.05, 0.1) is 11.5 Å². The highest BCUT2D eigenvalue weighted by Gasteiger charge is 2.29. The van der Waals surface area contributed by atoms with Crippen LogP contribution in [0, 0.1) is 11.8 Å². The van der Waals surface area contributed by atoms with Gasteiger partial charge in [-0.25, -0.2) is 8.42 Å². The van der Waals surface area contributed by atoms with Gasteiger partial charge in [0.15, 0.2) is 0 Å². The Morgan fingerprint density at radius 2 is 1.46 bits per heavy atom. The lowest BCUT2D eigenvalue weighted by Gasteiger charge is -2.33. The minimum absolute atomic E-state index is 0.261. The molecule has 2 fully saturated rings. The van der Waals surface area contributed by atoms with Crippen molar-refractivity contribution in [3.05, 3.63) is 29.3 Å². The second kappa shape index (κ2) is 10.4. The first-order valence-corrected chi connectivity index (χ1v) is 12.4. The third-order valence-corrected chi connectivity index (χ3v) is 8.54. The summed E-state index contributed by atoms with van der Waals surface area (Å²) in [4.78, 5) is 2.69. The van der Waals surface area contributed by atoms with Gasteiger partial charge in [0.2, 0.25) is 10.0 Å². The summed E-state index contributed by atoms with van der Waals surface area (Å²) < 4.78 is 27.2. The van der Waals surface area contributed by atoms with Gasteiger partial charge >= 0.3 is 0 Å². The van der Waals surface area contributed by atoms with Crippen LogP contribution in [0.25, 0.3) is 0 Å². The molecule has 0 bridgehead atoms. The number of aliphatic hydroxyl groups is 1. The Balaban J connectivity index is 1.37. The summed E-state index contributed by atoms with van der Waals surface area (Å²) in [6, 6.07) is 6.45. The second-order valence-electron chi connectivity index (χ2n) is 8.24. The Kier molecular flexibility index (Phi) is 8.18. The zero-order valence-corrected chi connectivity index (χ0v) is 18.2. The molecule has 0 amide bonds. The van der Waals surface area contributed by atoms with E-state index in [9.17, 15) is 8.42 Å². The van der Waals surface area contributed by atoms with Crippen LogP contribution >= 0.6 is 11.6 Å². The molecule has 5 nitrogen and oxygen atoms in total. The molecule has 28 heavy (non-hydrogen) atoms. The third-order valence-electron chi connectivity index (χ3n) is 6.37. The van der Waals surface area contributed by atoms with Crippen LogP contribution in [0.15, 0.2) is 29.2 Å². The van der Waals surface area contributed by atoms with Crippen molar-refractivity contribution in [3.63, 3.8) is 0 Å². The first-order valence-electron chi connectivity index (χ1n) is 10.6. The second-order valence-corrected chi connectivity index (χ2v) is 10.6. The van der Waals surface area contributed by atoms with Gasteiger partial charge in [-0.05, 0) is 74.9 Å². The van der Waals surface area contributed by atoms with E-state index < -0.39 is 10.0 Å². The Hall–Kier alpha value is -0.660. The van der Waals surface area contributed by atoms with Gasteiger partial charge in [0.25, 0.3) is 0 Å². The van der Waals surface area contributed by atoms with Crippen molar-refractivity contribution in [2.75, 3.05) is 39.3 Å². The van der Waals surface area contributed by atoms with E-state index in [0.717, 1.165) is 38.4 Å². The molecule has 0 aliphatic carbocycles.